The minimum absolute atomic E-state index is 0.109. The number of carbonyl (C=O) groups excluding carboxylic acids is 1. The number of nitrogens with zero attached hydrogens (tertiary/aromatic N) is 4. The summed E-state index contributed by atoms with van der Waals surface area (Å²) in [5, 5.41) is 11.0. The number of hydrogen-bond donors (Lipinski definition) is 3. The standard InChI is InChI=1S/C31H34FN7O2Si/c1-42(2,3)18-13-20-9-12-24-23(19-20)27(35-28-25(32)26(37-38-28)21-10-11-21)36-30(34-24)39-16-14-31(15-17-39,41-29(33)40)22-7-5-4-6-8-22/h4-9,12,19,21H,10-11,14-17H2,1-3H3,(H2,33,40)(H2,34,35,36,37,38). The second-order valence-corrected chi connectivity index (χ2v) is 16.8. The second kappa shape index (κ2) is 10.8. The highest BCUT2D eigenvalue weighted by Gasteiger charge is 2.40. The van der Waals surface area contributed by atoms with E-state index in [1.54, 1.807) is 0 Å². The van der Waals surface area contributed by atoms with Gasteiger partial charge < -0.3 is 20.7 Å². The van der Waals surface area contributed by atoms with Crippen molar-refractivity contribution < 1.29 is 13.9 Å². The van der Waals surface area contributed by atoms with Crippen molar-refractivity contribution in [3.05, 3.63) is 71.2 Å². The number of aromatic amines is 1. The average molecular weight is 584 g/mol. The molecular formula is C31H34FN7O2Si. The summed E-state index contributed by atoms with van der Waals surface area (Å²) in [6, 6.07) is 15.5. The van der Waals surface area contributed by atoms with E-state index in [1.807, 2.05) is 53.4 Å². The molecule has 0 bridgehead atoms. The predicted octanol–water partition coefficient (Wildman–Crippen LogP) is 5.93. The van der Waals surface area contributed by atoms with Gasteiger partial charge in [-0.05, 0) is 36.6 Å². The largest absolute Gasteiger partial charge is 0.438 e. The molecule has 1 saturated carbocycles. The Morgan fingerprint density at radius 2 is 1.86 bits per heavy atom. The highest BCUT2D eigenvalue weighted by atomic mass is 28.3. The Hall–Kier alpha value is -4.43. The molecule has 216 valence electrons. The van der Waals surface area contributed by atoms with E-state index in [2.05, 4.69) is 46.6 Å². The number of carbonyl (C=O) groups is 1. The van der Waals surface area contributed by atoms with E-state index < -0.39 is 19.8 Å². The van der Waals surface area contributed by atoms with E-state index in [0.29, 0.717) is 48.9 Å². The Morgan fingerprint density at radius 3 is 2.52 bits per heavy atom. The lowest BCUT2D eigenvalue weighted by atomic mass is 9.84. The number of nitrogens with two attached hydrogens (primary N) is 1. The van der Waals surface area contributed by atoms with Gasteiger partial charge in [-0.15, -0.1) is 5.54 Å². The van der Waals surface area contributed by atoms with Gasteiger partial charge in [0.2, 0.25) is 5.95 Å². The Labute approximate surface area is 245 Å². The molecule has 0 unspecified atom stereocenters. The van der Waals surface area contributed by atoms with Gasteiger partial charge in [-0.3, -0.25) is 5.10 Å². The number of anilines is 3. The third-order valence-corrected chi connectivity index (χ3v) is 8.55. The van der Waals surface area contributed by atoms with Crippen molar-refractivity contribution in [3.8, 4) is 11.5 Å². The van der Waals surface area contributed by atoms with Crippen molar-refractivity contribution in [3.63, 3.8) is 0 Å². The number of halogens is 1. The Morgan fingerprint density at radius 1 is 1.12 bits per heavy atom. The van der Waals surface area contributed by atoms with Crippen LogP contribution in [0.15, 0.2) is 48.5 Å². The molecular weight excluding hydrogens is 549 g/mol. The normalized spacial score (nSPS) is 16.5. The number of primary amides is 1. The summed E-state index contributed by atoms with van der Waals surface area (Å²) in [6.07, 6.45) is 2.12. The summed E-state index contributed by atoms with van der Waals surface area (Å²) >= 11 is 0. The molecule has 1 saturated heterocycles. The molecule has 1 amide bonds. The lowest BCUT2D eigenvalue weighted by Crippen LogP contribution is -2.46. The fraction of sp³-hybridized carbons (Fsp3) is 0.355. The van der Waals surface area contributed by atoms with Crippen LogP contribution < -0.4 is 16.0 Å². The zero-order chi connectivity index (χ0) is 29.5. The minimum Gasteiger partial charge on any atom is -0.438 e. The number of piperidine rings is 1. The molecule has 3 heterocycles. The first-order valence-corrected chi connectivity index (χ1v) is 17.7. The molecule has 1 aliphatic carbocycles. The molecule has 6 rings (SSSR count). The molecule has 42 heavy (non-hydrogen) atoms. The van der Waals surface area contributed by atoms with Crippen LogP contribution in [-0.2, 0) is 10.3 Å². The average Bonchev–Trinajstić information content (AvgIpc) is 3.75. The third-order valence-electron chi connectivity index (χ3n) is 7.67. The quantitative estimate of drug-likeness (QED) is 0.190. The molecule has 2 aliphatic rings. The van der Waals surface area contributed by atoms with Crippen LogP contribution in [0, 0.1) is 17.3 Å². The zero-order valence-electron chi connectivity index (χ0n) is 24.0. The first-order chi connectivity index (χ1) is 20.1. The number of aromatic nitrogens is 4. The summed E-state index contributed by atoms with van der Waals surface area (Å²) in [6.45, 7) is 7.63. The number of rotatable bonds is 6. The van der Waals surface area contributed by atoms with Crippen LogP contribution in [0.2, 0.25) is 19.6 Å². The van der Waals surface area contributed by atoms with E-state index in [1.165, 1.54) is 0 Å². The fourth-order valence-electron chi connectivity index (χ4n) is 5.32. The molecule has 4 aromatic rings. The summed E-state index contributed by atoms with van der Waals surface area (Å²) in [4.78, 5) is 23.7. The number of hydrogen-bond acceptors (Lipinski definition) is 7. The van der Waals surface area contributed by atoms with Gasteiger partial charge in [-0.25, -0.2) is 14.2 Å². The number of fused-ring (bicyclic) bond motifs is 1. The van der Waals surface area contributed by atoms with Crippen molar-refractivity contribution in [2.75, 3.05) is 23.3 Å². The van der Waals surface area contributed by atoms with Gasteiger partial charge in [0.15, 0.2) is 11.6 Å². The molecule has 0 spiro atoms. The SMILES string of the molecule is C[Si](C)(C)C#Cc1ccc2nc(N3CCC(OC(N)=O)(c4ccccc4)CC3)nc(Nc3n[nH]c(C4CC4)c3F)c2c1. The molecule has 11 heteroatoms. The molecule has 9 nitrogen and oxygen atoms in total. The number of amides is 1. The summed E-state index contributed by atoms with van der Waals surface area (Å²) in [7, 11) is -1.59. The zero-order valence-corrected chi connectivity index (χ0v) is 25.0. The van der Waals surface area contributed by atoms with Gasteiger partial charge in [0.05, 0.1) is 11.2 Å². The van der Waals surface area contributed by atoms with Crippen molar-refractivity contribution in [2.24, 2.45) is 5.73 Å². The minimum atomic E-state index is -1.59. The van der Waals surface area contributed by atoms with Crippen LogP contribution in [0.3, 0.4) is 0 Å². The Kier molecular flexibility index (Phi) is 7.10. The summed E-state index contributed by atoms with van der Waals surface area (Å²) in [5.74, 6) is 4.16. The molecule has 0 radical (unpaired) electrons. The number of H-pyrrole nitrogens is 1. The third kappa shape index (κ3) is 5.80. The highest BCUT2D eigenvalue weighted by molar-refractivity contribution is 6.83. The molecule has 2 aromatic heterocycles. The number of nitrogens with one attached hydrogen (secondary N) is 2. The molecule has 4 N–H and O–H groups in total. The van der Waals surface area contributed by atoms with E-state index in [0.717, 1.165) is 29.4 Å². The molecule has 2 fully saturated rings. The topological polar surface area (TPSA) is 122 Å². The first kappa shape index (κ1) is 27.7. The van der Waals surface area contributed by atoms with E-state index in [9.17, 15) is 4.79 Å². The van der Waals surface area contributed by atoms with Crippen molar-refractivity contribution >= 4 is 42.7 Å². The van der Waals surface area contributed by atoms with E-state index >= 15 is 4.39 Å². The van der Waals surface area contributed by atoms with Gasteiger partial charge in [0.1, 0.15) is 19.5 Å². The van der Waals surface area contributed by atoms with Crippen molar-refractivity contribution in [2.45, 2.75) is 56.8 Å². The van der Waals surface area contributed by atoms with Gasteiger partial charge in [-0.1, -0.05) is 55.9 Å². The van der Waals surface area contributed by atoms with Crippen LogP contribution in [0.25, 0.3) is 10.9 Å². The number of ether oxygens (including phenoxy) is 1. The predicted molar refractivity (Wildman–Crippen MR) is 164 cm³/mol. The molecule has 2 aromatic carbocycles. The Bertz CT molecular complexity index is 1700. The maximum Gasteiger partial charge on any atom is 0.405 e. The molecule has 0 atom stereocenters. The van der Waals surface area contributed by atoms with Gasteiger partial charge in [0.25, 0.3) is 0 Å². The van der Waals surface area contributed by atoms with Gasteiger partial charge in [-0.2, -0.15) is 10.1 Å². The van der Waals surface area contributed by atoms with Crippen LogP contribution in [0.4, 0.5) is 26.8 Å². The van der Waals surface area contributed by atoms with E-state index in [4.69, 9.17) is 20.4 Å². The van der Waals surface area contributed by atoms with Crippen LogP contribution in [0.1, 0.15) is 48.4 Å². The van der Waals surface area contributed by atoms with Gasteiger partial charge in [0, 0.05) is 42.8 Å². The van der Waals surface area contributed by atoms with E-state index in [-0.39, 0.29) is 17.6 Å². The fourth-order valence-corrected chi connectivity index (χ4v) is 5.84. The summed E-state index contributed by atoms with van der Waals surface area (Å²) in [5.41, 5.74) is 11.0. The van der Waals surface area contributed by atoms with Crippen LogP contribution in [0.5, 0.6) is 0 Å². The lowest BCUT2D eigenvalue weighted by molar-refractivity contribution is -0.00678. The van der Waals surface area contributed by atoms with Crippen molar-refractivity contribution in [1.82, 2.24) is 20.2 Å². The van der Waals surface area contributed by atoms with Crippen LogP contribution in [-0.4, -0.2) is 47.4 Å². The summed E-state index contributed by atoms with van der Waals surface area (Å²) < 4.78 is 21.0. The molecule has 1 aliphatic heterocycles. The van der Waals surface area contributed by atoms with Crippen LogP contribution >= 0.6 is 0 Å². The highest BCUT2D eigenvalue weighted by Crippen LogP contribution is 2.42. The lowest BCUT2D eigenvalue weighted by Gasteiger charge is -2.41. The first-order valence-electron chi connectivity index (χ1n) is 14.2. The Balaban J connectivity index is 1.35. The smallest absolute Gasteiger partial charge is 0.405 e. The monoisotopic (exact) mass is 583 g/mol. The second-order valence-electron chi connectivity index (χ2n) is 12.1. The van der Waals surface area contributed by atoms with Gasteiger partial charge >= 0.3 is 6.09 Å². The van der Waals surface area contributed by atoms with Crippen molar-refractivity contribution in [1.29, 1.82) is 0 Å². The number of benzene rings is 2. The maximum atomic E-state index is 15.3. The maximum absolute atomic E-state index is 15.3.